The van der Waals surface area contributed by atoms with E-state index in [-0.39, 0.29) is 41.8 Å². The van der Waals surface area contributed by atoms with Gasteiger partial charge in [0.1, 0.15) is 17.4 Å². The highest BCUT2D eigenvalue weighted by molar-refractivity contribution is 6.24. The molecule has 0 bridgehead atoms. The molecule has 0 heterocycles. The number of aliphatic hydroxyl groups is 3. The van der Waals surface area contributed by atoms with Crippen LogP contribution in [0.2, 0.25) is 0 Å². The number of phenolic OH excluding ortho intramolecular Hbond substituents is 1. The molecule has 2 amide bonds. The fourth-order valence-electron chi connectivity index (χ4n) is 6.20. The second-order valence-electron chi connectivity index (χ2n) is 10.6. The van der Waals surface area contributed by atoms with E-state index >= 15 is 0 Å². The number of nitrogens with two attached hydrogens (primary N) is 1. The Hall–Kier alpha value is -4.42. The monoisotopic (exact) mass is 551 g/mol. The zero-order chi connectivity index (χ0) is 29.1. The predicted molar refractivity (Wildman–Crippen MR) is 142 cm³/mol. The number of carbonyl (C=O) groups is 4. The first kappa shape index (κ1) is 27.2. The van der Waals surface area contributed by atoms with Crippen LogP contribution in [-0.4, -0.2) is 69.8 Å². The molecule has 2 aromatic rings. The van der Waals surface area contributed by atoms with E-state index in [4.69, 9.17) is 10.5 Å². The number of fused-ring (bicyclic) bond motifs is 3. The number of primary amides is 1. The predicted octanol–water partition coefficient (Wildman–Crippen LogP) is 1.27. The van der Waals surface area contributed by atoms with Gasteiger partial charge in [0, 0.05) is 31.3 Å². The molecule has 7 N–H and O–H groups in total. The summed E-state index contributed by atoms with van der Waals surface area (Å²) >= 11 is 0. The lowest BCUT2D eigenvalue weighted by molar-refractivity contribution is -0.174. The lowest BCUT2D eigenvalue weighted by atomic mass is 9.56. The molecule has 3 aliphatic rings. The van der Waals surface area contributed by atoms with Gasteiger partial charge in [-0.1, -0.05) is 18.2 Å². The fraction of sp³-hybridized carbons (Fsp3) is 0.357. The number of rotatable bonds is 4. The minimum Gasteiger partial charge on any atom is -0.507 e. The SMILES string of the molecule is CN(C)c1cc(NC(=O)Oc2ccccc2)c(O)c2c1C[C@H]1C[C@H]3CC(O)C(C(N)=O)C(=O)[C@@]3(O)C(=O)C1=C2O. The number of phenols is 1. The molecule has 0 radical (unpaired) electrons. The molecule has 2 aromatic carbocycles. The first-order valence-corrected chi connectivity index (χ1v) is 12.7. The number of ketones is 2. The highest BCUT2D eigenvalue weighted by atomic mass is 16.6. The van der Waals surface area contributed by atoms with E-state index in [9.17, 15) is 39.6 Å². The van der Waals surface area contributed by atoms with Crippen molar-refractivity contribution in [2.45, 2.75) is 31.0 Å². The standard InChI is InChI=1S/C28H29N3O9/c1-31(2)17-11-16(30-27(38)40-14-6-4-3-5-7-14)22(33)20-15(17)9-12-8-13-10-18(32)21(26(29)37)25(36)28(13,39)24(35)19(12)23(20)34/h3-7,11-13,18,21,32-34,39H,8-10H2,1-2H3,(H2,29,37)(H,30,38)/t12-,13+,18?,21?,28+/m1/s1. The van der Waals surface area contributed by atoms with Gasteiger partial charge in [-0.25, -0.2) is 4.79 Å². The molecule has 12 heteroatoms. The number of nitrogens with zero attached hydrogens (tertiary/aromatic N) is 1. The summed E-state index contributed by atoms with van der Waals surface area (Å²) in [4.78, 5) is 53.0. The Balaban J connectivity index is 1.58. The van der Waals surface area contributed by atoms with Crippen LogP contribution in [-0.2, 0) is 20.8 Å². The second kappa shape index (κ2) is 9.65. The summed E-state index contributed by atoms with van der Waals surface area (Å²) in [6, 6.07) is 9.73. The summed E-state index contributed by atoms with van der Waals surface area (Å²) in [5.74, 6) is -7.87. The Kier molecular flexibility index (Phi) is 6.55. The minimum absolute atomic E-state index is 0.0480. The van der Waals surface area contributed by atoms with E-state index in [1.165, 1.54) is 6.07 Å². The molecule has 210 valence electrons. The zero-order valence-corrected chi connectivity index (χ0v) is 21.7. The molecular weight excluding hydrogens is 522 g/mol. The lowest BCUT2D eigenvalue weighted by Crippen LogP contribution is -2.66. The number of hydrogen-bond acceptors (Lipinski definition) is 10. The van der Waals surface area contributed by atoms with Crippen LogP contribution in [0.25, 0.3) is 5.76 Å². The average Bonchev–Trinajstić information content (AvgIpc) is 2.88. The molecular formula is C28H29N3O9. The summed E-state index contributed by atoms with van der Waals surface area (Å²) in [5.41, 5.74) is 3.08. The molecule has 0 spiro atoms. The van der Waals surface area contributed by atoms with Gasteiger partial charge in [-0.15, -0.1) is 0 Å². The van der Waals surface area contributed by atoms with Crippen LogP contribution in [0.3, 0.4) is 0 Å². The van der Waals surface area contributed by atoms with Crippen LogP contribution >= 0.6 is 0 Å². The molecule has 2 saturated carbocycles. The van der Waals surface area contributed by atoms with Crippen molar-refractivity contribution in [3.63, 3.8) is 0 Å². The van der Waals surface area contributed by atoms with E-state index in [1.807, 2.05) is 0 Å². The molecule has 12 nitrogen and oxygen atoms in total. The van der Waals surface area contributed by atoms with Crippen molar-refractivity contribution in [2.24, 2.45) is 23.5 Å². The zero-order valence-electron chi connectivity index (χ0n) is 21.7. The second-order valence-corrected chi connectivity index (χ2v) is 10.6. The van der Waals surface area contributed by atoms with Gasteiger partial charge in [0.25, 0.3) is 0 Å². The normalized spacial score (nSPS) is 27.3. The number of aliphatic hydroxyl groups excluding tert-OH is 2. The smallest absolute Gasteiger partial charge is 0.417 e. The third-order valence-electron chi connectivity index (χ3n) is 8.03. The first-order valence-electron chi connectivity index (χ1n) is 12.7. The van der Waals surface area contributed by atoms with Crippen molar-refractivity contribution >= 4 is 40.7 Å². The summed E-state index contributed by atoms with van der Waals surface area (Å²) < 4.78 is 5.24. The van der Waals surface area contributed by atoms with Crippen LogP contribution in [0.1, 0.15) is 24.0 Å². The maximum Gasteiger partial charge on any atom is 0.417 e. The number of carbonyl (C=O) groups excluding carboxylic acids is 4. The summed E-state index contributed by atoms with van der Waals surface area (Å²) in [7, 11) is 3.44. The molecule has 2 unspecified atom stereocenters. The molecule has 0 aromatic heterocycles. The number of nitrogens with one attached hydrogen (secondary N) is 1. The summed E-state index contributed by atoms with van der Waals surface area (Å²) in [5, 5.41) is 46.8. The number of aromatic hydroxyl groups is 1. The molecule has 0 aliphatic heterocycles. The largest absolute Gasteiger partial charge is 0.507 e. The van der Waals surface area contributed by atoms with E-state index in [1.54, 1.807) is 49.3 Å². The van der Waals surface area contributed by atoms with Gasteiger partial charge in [0.05, 0.1) is 17.4 Å². The quantitative estimate of drug-likeness (QED) is 0.237. The number of anilines is 2. The van der Waals surface area contributed by atoms with Gasteiger partial charge in [0.15, 0.2) is 17.1 Å². The van der Waals surface area contributed by atoms with Crippen LogP contribution in [0.5, 0.6) is 11.5 Å². The van der Waals surface area contributed by atoms with Crippen molar-refractivity contribution in [3.8, 4) is 11.5 Å². The molecule has 5 rings (SSSR count). The minimum atomic E-state index is -2.68. The van der Waals surface area contributed by atoms with Gasteiger partial charge in [-0.2, -0.15) is 0 Å². The van der Waals surface area contributed by atoms with Gasteiger partial charge in [-0.3, -0.25) is 19.7 Å². The van der Waals surface area contributed by atoms with E-state index in [2.05, 4.69) is 5.32 Å². The highest BCUT2D eigenvalue weighted by Gasteiger charge is 2.64. The van der Waals surface area contributed by atoms with E-state index < -0.39 is 64.5 Å². The van der Waals surface area contributed by atoms with Gasteiger partial charge >= 0.3 is 6.09 Å². The maximum atomic E-state index is 13.7. The fourth-order valence-corrected chi connectivity index (χ4v) is 6.20. The number of amides is 2. The molecule has 40 heavy (non-hydrogen) atoms. The van der Waals surface area contributed by atoms with Crippen LogP contribution in [0.4, 0.5) is 16.2 Å². The van der Waals surface area contributed by atoms with Crippen molar-refractivity contribution in [1.29, 1.82) is 0 Å². The first-order chi connectivity index (χ1) is 18.9. The summed E-state index contributed by atoms with van der Waals surface area (Å²) in [6.07, 6.45) is -2.39. The van der Waals surface area contributed by atoms with Crippen molar-refractivity contribution in [1.82, 2.24) is 0 Å². The number of benzene rings is 2. The van der Waals surface area contributed by atoms with Crippen molar-refractivity contribution in [3.05, 3.63) is 53.1 Å². The highest BCUT2D eigenvalue weighted by Crippen LogP contribution is 2.53. The van der Waals surface area contributed by atoms with E-state index in [0.717, 1.165) is 0 Å². The average molecular weight is 552 g/mol. The van der Waals surface area contributed by atoms with Crippen LogP contribution in [0.15, 0.2) is 42.0 Å². The van der Waals surface area contributed by atoms with Crippen LogP contribution < -0.4 is 20.7 Å². The number of para-hydroxylation sites is 1. The Morgan fingerprint density at radius 1 is 1.12 bits per heavy atom. The topological polar surface area (TPSA) is 200 Å². The molecule has 2 fully saturated rings. The number of Topliss-reactive ketones (excluding diaryl/α,β-unsaturated/α-hetero) is 2. The summed E-state index contributed by atoms with van der Waals surface area (Å²) in [6.45, 7) is 0. The van der Waals surface area contributed by atoms with Crippen molar-refractivity contribution < 1.29 is 44.3 Å². The Bertz CT molecular complexity index is 1470. The van der Waals surface area contributed by atoms with Gasteiger partial charge in [-0.05, 0) is 48.9 Å². The molecule has 0 saturated heterocycles. The van der Waals surface area contributed by atoms with Crippen molar-refractivity contribution in [2.75, 3.05) is 24.3 Å². The Morgan fingerprint density at radius 2 is 1.80 bits per heavy atom. The van der Waals surface area contributed by atoms with Gasteiger partial charge in [0.2, 0.25) is 11.7 Å². The molecule has 3 aliphatic carbocycles. The lowest BCUT2D eigenvalue weighted by Gasteiger charge is -2.48. The van der Waals surface area contributed by atoms with Crippen LogP contribution in [0, 0.1) is 17.8 Å². The number of hydrogen-bond donors (Lipinski definition) is 6. The third-order valence-corrected chi connectivity index (χ3v) is 8.03. The Morgan fingerprint density at radius 3 is 2.42 bits per heavy atom. The van der Waals surface area contributed by atoms with Gasteiger partial charge < -0.3 is 35.8 Å². The molecule has 5 atom stereocenters. The number of ether oxygens (including phenoxy) is 1. The Labute approximate surface area is 228 Å². The van der Waals surface area contributed by atoms with E-state index in [0.29, 0.717) is 11.3 Å². The maximum absolute atomic E-state index is 13.7. The third kappa shape index (κ3) is 4.07.